The van der Waals surface area contributed by atoms with E-state index in [1.807, 2.05) is 6.07 Å². The van der Waals surface area contributed by atoms with E-state index >= 15 is 0 Å². The van der Waals surface area contributed by atoms with Crippen molar-refractivity contribution in [1.82, 2.24) is 0 Å². The second-order valence-electron chi connectivity index (χ2n) is 11.0. The van der Waals surface area contributed by atoms with Crippen LogP contribution in [-0.2, 0) is 20.6 Å². The predicted molar refractivity (Wildman–Crippen MR) is 156 cm³/mol. The van der Waals surface area contributed by atoms with E-state index in [0.717, 1.165) is 44.8 Å². The highest BCUT2D eigenvalue weighted by molar-refractivity contribution is 5.14. The van der Waals surface area contributed by atoms with Crippen LogP contribution in [0.3, 0.4) is 0 Å². The van der Waals surface area contributed by atoms with Crippen LogP contribution in [0.1, 0.15) is 131 Å². The zero-order chi connectivity index (χ0) is 26.4. The van der Waals surface area contributed by atoms with Crippen molar-refractivity contribution in [3.63, 3.8) is 0 Å². The molecular formula is C33H60O3. The summed E-state index contributed by atoms with van der Waals surface area (Å²) in [4.78, 5) is 0. The summed E-state index contributed by atoms with van der Waals surface area (Å²) in [5.74, 6) is 0.868. The van der Waals surface area contributed by atoms with Crippen LogP contribution in [-0.4, -0.2) is 37.6 Å². The van der Waals surface area contributed by atoms with Gasteiger partial charge in [-0.1, -0.05) is 89.6 Å². The number of benzene rings is 1. The van der Waals surface area contributed by atoms with Crippen molar-refractivity contribution in [3.8, 4) is 0 Å². The smallest absolute Gasteiger partial charge is 0.0578 e. The first-order valence-corrected chi connectivity index (χ1v) is 15.4. The molecule has 1 aromatic rings. The van der Waals surface area contributed by atoms with E-state index in [9.17, 15) is 0 Å². The molecule has 3 rings (SSSR count). The average molecular weight is 505 g/mol. The molecule has 2 saturated carbocycles. The molecule has 0 radical (unpaired) electrons. The Kier molecular flexibility index (Phi) is 20.4. The van der Waals surface area contributed by atoms with Gasteiger partial charge in [0, 0.05) is 6.61 Å². The van der Waals surface area contributed by atoms with Crippen molar-refractivity contribution in [2.45, 2.75) is 156 Å². The lowest BCUT2D eigenvalue weighted by Gasteiger charge is -2.25. The van der Waals surface area contributed by atoms with Gasteiger partial charge in [0.05, 0.1) is 31.0 Å². The predicted octanol–water partition coefficient (Wildman–Crippen LogP) is 9.56. The van der Waals surface area contributed by atoms with E-state index in [2.05, 4.69) is 65.8 Å². The second-order valence-corrected chi connectivity index (χ2v) is 11.0. The molecule has 3 atom stereocenters. The number of hydrogen-bond donors (Lipinski definition) is 0. The molecule has 2 aliphatic rings. The van der Waals surface area contributed by atoms with Crippen molar-refractivity contribution in [1.29, 1.82) is 0 Å². The van der Waals surface area contributed by atoms with Gasteiger partial charge in [-0.15, -0.1) is 0 Å². The molecule has 3 heteroatoms. The third-order valence-corrected chi connectivity index (χ3v) is 7.68. The largest absolute Gasteiger partial charge is 0.378 e. The van der Waals surface area contributed by atoms with Gasteiger partial charge in [0.1, 0.15) is 0 Å². The monoisotopic (exact) mass is 504 g/mol. The summed E-state index contributed by atoms with van der Waals surface area (Å²) < 4.78 is 17.2. The maximum Gasteiger partial charge on any atom is 0.0578 e. The molecule has 2 aliphatic carbocycles. The minimum atomic E-state index is 0.392. The lowest BCUT2D eigenvalue weighted by atomic mass is 9.90. The van der Waals surface area contributed by atoms with E-state index in [-0.39, 0.29) is 0 Å². The first kappa shape index (κ1) is 33.1. The summed E-state index contributed by atoms with van der Waals surface area (Å²) in [5, 5.41) is 0. The average Bonchev–Trinajstić information content (AvgIpc) is 2.94. The highest BCUT2D eigenvalue weighted by atomic mass is 16.5. The molecule has 2 fully saturated rings. The Bertz CT molecular complexity index is 578. The normalized spacial score (nSPS) is 19.3. The molecule has 0 aromatic heterocycles. The van der Waals surface area contributed by atoms with E-state index < -0.39 is 0 Å². The molecule has 0 heterocycles. The van der Waals surface area contributed by atoms with Crippen molar-refractivity contribution >= 4 is 0 Å². The molecule has 0 amide bonds. The molecule has 0 aliphatic heterocycles. The maximum absolute atomic E-state index is 5.84. The van der Waals surface area contributed by atoms with Crippen LogP contribution < -0.4 is 0 Å². The van der Waals surface area contributed by atoms with Crippen molar-refractivity contribution in [2.24, 2.45) is 5.92 Å². The zero-order valence-electron chi connectivity index (χ0n) is 24.8. The highest BCUT2D eigenvalue weighted by Crippen LogP contribution is 2.24. The number of hydrogen-bond acceptors (Lipinski definition) is 3. The zero-order valence-corrected chi connectivity index (χ0v) is 24.8. The van der Waals surface area contributed by atoms with Crippen LogP contribution in [0.2, 0.25) is 0 Å². The molecule has 0 bridgehead atoms. The minimum absolute atomic E-state index is 0.392. The van der Waals surface area contributed by atoms with Crippen LogP contribution in [0, 0.1) is 5.92 Å². The van der Waals surface area contributed by atoms with Gasteiger partial charge >= 0.3 is 0 Å². The Hall–Kier alpha value is -0.900. The molecule has 36 heavy (non-hydrogen) atoms. The third kappa shape index (κ3) is 17.5. The summed E-state index contributed by atoms with van der Waals surface area (Å²) in [5.41, 5.74) is 1.35. The van der Waals surface area contributed by atoms with E-state index in [1.165, 1.54) is 69.8 Å². The summed E-state index contributed by atoms with van der Waals surface area (Å²) >= 11 is 0. The SMILES string of the molecule is CCC(C)OC1CCCCC1.CCC(C)OCC1CCCCC1.CCC(C)OCCc1ccccc1. The maximum atomic E-state index is 5.84. The van der Waals surface area contributed by atoms with Crippen LogP contribution in [0.5, 0.6) is 0 Å². The highest BCUT2D eigenvalue weighted by Gasteiger charge is 2.15. The van der Waals surface area contributed by atoms with Crippen molar-refractivity contribution in [3.05, 3.63) is 35.9 Å². The molecule has 3 nitrogen and oxygen atoms in total. The summed E-state index contributed by atoms with van der Waals surface area (Å²) in [7, 11) is 0. The second kappa shape index (κ2) is 22.1. The van der Waals surface area contributed by atoms with Gasteiger partial charge in [0.25, 0.3) is 0 Å². The van der Waals surface area contributed by atoms with Crippen molar-refractivity contribution in [2.75, 3.05) is 13.2 Å². The fraction of sp³-hybridized carbons (Fsp3) is 0.818. The molecule has 0 saturated heterocycles. The molecule has 210 valence electrons. The van der Waals surface area contributed by atoms with Gasteiger partial charge in [0.15, 0.2) is 0 Å². The van der Waals surface area contributed by atoms with E-state index in [1.54, 1.807) is 0 Å². The molecular weight excluding hydrogens is 444 g/mol. The van der Waals surface area contributed by atoms with Gasteiger partial charge in [0.2, 0.25) is 0 Å². The molecule has 0 N–H and O–H groups in total. The van der Waals surface area contributed by atoms with Crippen molar-refractivity contribution < 1.29 is 14.2 Å². The fourth-order valence-electron chi connectivity index (χ4n) is 4.54. The van der Waals surface area contributed by atoms with Gasteiger partial charge in [-0.25, -0.2) is 0 Å². The number of ether oxygens (including phenoxy) is 3. The number of rotatable bonds is 12. The van der Waals surface area contributed by atoms with Crippen LogP contribution >= 0.6 is 0 Å². The summed E-state index contributed by atoms with van der Waals surface area (Å²) in [6, 6.07) is 10.5. The Morgan fingerprint density at radius 3 is 1.75 bits per heavy atom. The Labute approximate surface area is 225 Å². The van der Waals surface area contributed by atoms with Crippen LogP contribution in [0.4, 0.5) is 0 Å². The fourth-order valence-corrected chi connectivity index (χ4v) is 4.54. The molecule has 0 spiro atoms. The van der Waals surface area contributed by atoms with Gasteiger partial charge in [-0.05, 0) is 83.6 Å². The van der Waals surface area contributed by atoms with Crippen LogP contribution in [0.25, 0.3) is 0 Å². The van der Waals surface area contributed by atoms with Gasteiger partial charge < -0.3 is 14.2 Å². The Morgan fingerprint density at radius 2 is 1.19 bits per heavy atom. The van der Waals surface area contributed by atoms with E-state index in [0.29, 0.717) is 24.4 Å². The molecule has 3 unspecified atom stereocenters. The first-order valence-electron chi connectivity index (χ1n) is 15.4. The van der Waals surface area contributed by atoms with E-state index in [4.69, 9.17) is 14.2 Å². The van der Waals surface area contributed by atoms with Crippen LogP contribution in [0.15, 0.2) is 30.3 Å². The Balaban J connectivity index is 0.000000271. The van der Waals surface area contributed by atoms with Gasteiger partial charge in [-0.2, -0.15) is 0 Å². The molecule has 1 aromatic carbocycles. The first-order chi connectivity index (χ1) is 17.5. The third-order valence-electron chi connectivity index (χ3n) is 7.68. The standard InChI is InChI=1S/C12H18O.C11H22O.C10H20O/c1-3-11(2)13-10-9-12-7-5-4-6-8-12;1-3-10(2)12-9-11-7-5-4-6-8-11;1-3-9(2)11-10-7-5-4-6-8-10/h4-8,11H,3,9-10H2,1-2H3;10-11H,3-9H2,1-2H3;9-10H,3-8H2,1-2H3. The summed E-state index contributed by atoms with van der Waals surface area (Å²) in [6.45, 7) is 14.8. The lowest BCUT2D eigenvalue weighted by molar-refractivity contribution is -0.0220. The van der Waals surface area contributed by atoms with Gasteiger partial charge in [-0.3, -0.25) is 0 Å². The topological polar surface area (TPSA) is 27.7 Å². The minimum Gasteiger partial charge on any atom is -0.378 e. The quantitative estimate of drug-likeness (QED) is 0.283. The lowest BCUT2D eigenvalue weighted by Crippen LogP contribution is -2.21. The Morgan fingerprint density at radius 1 is 0.667 bits per heavy atom. The summed E-state index contributed by atoms with van der Waals surface area (Å²) in [6.07, 6.45) is 20.2.